The van der Waals surface area contributed by atoms with Gasteiger partial charge in [-0.15, -0.1) is 0 Å². The Morgan fingerprint density at radius 1 is 1.23 bits per heavy atom. The van der Waals surface area contributed by atoms with Gasteiger partial charge in [0.1, 0.15) is 17.3 Å². The van der Waals surface area contributed by atoms with Crippen molar-refractivity contribution in [1.29, 1.82) is 0 Å². The van der Waals surface area contributed by atoms with Crippen LogP contribution in [0, 0.1) is 19.8 Å². The number of carbonyl (C=O) groups is 1. The highest BCUT2D eigenvalue weighted by Gasteiger charge is 2.25. The number of amides is 1. The number of hydrogen-bond acceptors (Lipinski definition) is 4. The van der Waals surface area contributed by atoms with Gasteiger partial charge >= 0.3 is 0 Å². The predicted molar refractivity (Wildman–Crippen MR) is 101 cm³/mol. The van der Waals surface area contributed by atoms with Gasteiger partial charge in [-0.05, 0) is 69.2 Å². The number of piperidine rings is 1. The van der Waals surface area contributed by atoms with Crippen molar-refractivity contribution in [1.82, 2.24) is 14.9 Å². The Balaban J connectivity index is 1.58. The Morgan fingerprint density at radius 3 is 2.69 bits per heavy atom. The molecule has 3 rings (SSSR count). The minimum absolute atomic E-state index is 0.0350. The molecule has 1 aromatic carbocycles. The summed E-state index contributed by atoms with van der Waals surface area (Å²) >= 11 is 0. The topological polar surface area (TPSA) is 55.3 Å². The van der Waals surface area contributed by atoms with Crippen LogP contribution in [0.25, 0.3) is 0 Å². The van der Waals surface area contributed by atoms with Gasteiger partial charge in [0.25, 0.3) is 5.91 Å². The molecule has 1 atom stereocenters. The monoisotopic (exact) mass is 353 g/mol. The Kier molecular flexibility index (Phi) is 5.86. The Morgan fingerprint density at radius 2 is 2.00 bits per heavy atom. The number of hydrogen-bond donors (Lipinski definition) is 0. The van der Waals surface area contributed by atoms with Gasteiger partial charge in [0.2, 0.25) is 0 Å². The predicted octanol–water partition coefficient (Wildman–Crippen LogP) is 3.59. The molecule has 0 unspecified atom stereocenters. The van der Waals surface area contributed by atoms with Crippen LogP contribution in [0.1, 0.15) is 46.8 Å². The van der Waals surface area contributed by atoms with Gasteiger partial charge in [-0.1, -0.05) is 12.1 Å². The van der Waals surface area contributed by atoms with Gasteiger partial charge in [0, 0.05) is 18.8 Å². The van der Waals surface area contributed by atoms with Crippen molar-refractivity contribution in [3.8, 4) is 5.75 Å². The molecule has 0 radical (unpaired) electrons. The Labute approximate surface area is 155 Å². The van der Waals surface area contributed by atoms with Crippen LogP contribution >= 0.6 is 0 Å². The molecule has 2 heterocycles. The van der Waals surface area contributed by atoms with E-state index in [1.54, 1.807) is 13.2 Å². The molecule has 1 aliphatic heterocycles. The van der Waals surface area contributed by atoms with Crippen LogP contribution in [-0.4, -0.2) is 41.0 Å². The molecule has 26 heavy (non-hydrogen) atoms. The lowest BCUT2D eigenvalue weighted by molar-refractivity contribution is 0.0661. The van der Waals surface area contributed by atoms with Crippen molar-refractivity contribution in [3.05, 3.63) is 53.1 Å². The zero-order chi connectivity index (χ0) is 18.5. The van der Waals surface area contributed by atoms with Gasteiger partial charge in [0.05, 0.1) is 7.11 Å². The summed E-state index contributed by atoms with van der Waals surface area (Å²) in [7, 11) is 1.68. The van der Waals surface area contributed by atoms with Crippen LogP contribution in [0.4, 0.5) is 0 Å². The number of rotatable bonds is 5. The lowest BCUT2D eigenvalue weighted by Crippen LogP contribution is -2.40. The molecule has 1 saturated heterocycles. The number of methoxy groups -OCH3 is 1. The fraction of sp³-hybridized carbons (Fsp3) is 0.476. The second kappa shape index (κ2) is 8.30. The summed E-state index contributed by atoms with van der Waals surface area (Å²) in [5.74, 6) is 2.12. The van der Waals surface area contributed by atoms with Crippen molar-refractivity contribution in [2.75, 3.05) is 20.2 Å². The number of benzene rings is 1. The largest absolute Gasteiger partial charge is 0.497 e. The normalized spacial score (nSPS) is 17.2. The summed E-state index contributed by atoms with van der Waals surface area (Å²) < 4.78 is 5.21. The maximum absolute atomic E-state index is 12.8. The van der Waals surface area contributed by atoms with E-state index in [2.05, 4.69) is 22.1 Å². The van der Waals surface area contributed by atoms with Gasteiger partial charge in [0.15, 0.2) is 0 Å². The summed E-state index contributed by atoms with van der Waals surface area (Å²) in [4.78, 5) is 23.4. The molecule has 0 bridgehead atoms. The second-order valence-corrected chi connectivity index (χ2v) is 7.09. The fourth-order valence-corrected chi connectivity index (χ4v) is 3.64. The highest BCUT2D eigenvalue weighted by Crippen LogP contribution is 2.23. The van der Waals surface area contributed by atoms with Crippen LogP contribution in [0.2, 0.25) is 0 Å². The van der Waals surface area contributed by atoms with Crippen molar-refractivity contribution in [2.24, 2.45) is 5.92 Å². The molecule has 0 spiro atoms. The summed E-state index contributed by atoms with van der Waals surface area (Å²) in [5, 5.41) is 0. The molecule has 1 aliphatic rings. The molecule has 1 aromatic heterocycles. The summed E-state index contributed by atoms with van der Waals surface area (Å²) in [6.07, 6.45) is 4.37. The molecule has 5 heteroatoms. The van der Waals surface area contributed by atoms with Crippen molar-refractivity contribution >= 4 is 5.91 Å². The molecule has 1 fully saturated rings. The van der Waals surface area contributed by atoms with E-state index in [1.807, 2.05) is 30.9 Å². The van der Waals surface area contributed by atoms with E-state index in [1.165, 1.54) is 12.0 Å². The van der Waals surface area contributed by atoms with Crippen molar-refractivity contribution < 1.29 is 9.53 Å². The Bertz CT molecular complexity index is 738. The van der Waals surface area contributed by atoms with Gasteiger partial charge < -0.3 is 9.64 Å². The van der Waals surface area contributed by atoms with Gasteiger partial charge in [-0.3, -0.25) is 4.79 Å². The van der Waals surface area contributed by atoms with E-state index in [0.717, 1.165) is 43.8 Å². The second-order valence-electron chi connectivity index (χ2n) is 7.09. The van der Waals surface area contributed by atoms with E-state index in [4.69, 9.17) is 4.74 Å². The van der Waals surface area contributed by atoms with Crippen LogP contribution in [0.15, 0.2) is 30.3 Å². The van der Waals surface area contributed by atoms with Crippen LogP contribution in [0.5, 0.6) is 5.75 Å². The quantitative estimate of drug-likeness (QED) is 0.824. The molecule has 2 aromatic rings. The third-order valence-corrected chi connectivity index (χ3v) is 4.99. The Hall–Kier alpha value is -2.43. The molecule has 1 amide bonds. The van der Waals surface area contributed by atoms with Gasteiger partial charge in [-0.2, -0.15) is 0 Å². The maximum Gasteiger partial charge on any atom is 0.272 e. The lowest BCUT2D eigenvalue weighted by atomic mass is 9.91. The number of carbonyl (C=O) groups excluding carboxylic acids is 1. The van der Waals surface area contributed by atoms with E-state index >= 15 is 0 Å². The van der Waals surface area contributed by atoms with Gasteiger partial charge in [-0.25, -0.2) is 9.97 Å². The molecular formula is C21H27N3O2. The average Bonchev–Trinajstić information content (AvgIpc) is 2.65. The summed E-state index contributed by atoms with van der Waals surface area (Å²) in [6.45, 7) is 5.37. The molecule has 0 saturated carbocycles. The zero-order valence-corrected chi connectivity index (χ0v) is 15.9. The van der Waals surface area contributed by atoms with E-state index < -0.39 is 0 Å². The average molecular weight is 353 g/mol. The standard InChI is InChI=1S/C21H27N3O2/c1-15-13-20(23-16(2)22-15)21(25)24-12-4-5-18(14-24)7-6-17-8-10-19(26-3)11-9-17/h8-11,13,18H,4-7,12,14H2,1-3H3/t18-/m0/s1. The van der Waals surface area contributed by atoms with Crippen molar-refractivity contribution in [3.63, 3.8) is 0 Å². The third kappa shape index (κ3) is 4.59. The number of aromatic nitrogens is 2. The number of ether oxygens (including phenoxy) is 1. The fourth-order valence-electron chi connectivity index (χ4n) is 3.64. The maximum atomic E-state index is 12.8. The van der Waals surface area contributed by atoms with E-state index in [9.17, 15) is 4.79 Å². The lowest BCUT2D eigenvalue weighted by Gasteiger charge is -2.32. The highest BCUT2D eigenvalue weighted by molar-refractivity contribution is 5.92. The van der Waals surface area contributed by atoms with Crippen molar-refractivity contribution in [2.45, 2.75) is 39.5 Å². The molecule has 0 aliphatic carbocycles. The molecule has 0 N–H and O–H groups in total. The molecule has 138 valence electrons. The first-order valence-corrected chi connectivity index (χ1v) is 9.29. The number of nitrogens with zero attached hydrogens (tertiary/aromatic N) is 3. The van der Waals surface area contributed by atoms with Crippen LogP contribution in [-0.2, 0) is 6.42 Å². The highest BCUT2D eigenvalue weighted by atomic mass is 16.5. The van der Waals surface area contributed by atoms with E-state index in [0.29, 0.717) is 17.4 Å². The molecule has 5 nitrogen and oxygen atoms in total. The van der Waals surface area contributed by atoms with Crippen LogP contribution < -0.4 is 4.74 Å². The minimum atomic E-state index is 0.0350. The SMILES string of the molecule is COc1ccc(CC[C@@H]2CCCN(C(=O)c3cc(C)nc(C)n3)C2)cc1. The third-order valence-electron chi connectivity index (χ3n) is 4.99. The summed E-state index contributed by atoms with van der Waals surface area (Å²) in [6, 6.07) is 10.0. The molecular weight excluding hydrogens is 326 g/mol. The zero-order valence-electron chi connectivity index (χ0n) is 15.9. The number of aryl methyl sites for hydroxylation is 3. The first kappa shape index (κ1) is 18.4. The first-order valence-electron chi connectivity index (χ1n) is 9.29. The van der Waals surface area contributed by atoms with Crippen LogP contribution in [0.3, 0.4) is 0 Å². The van der Waals surface area contributed by atoms with E-state index in [-0.39, 0.29) is 5.91 Å². The minimum Gasteiger partial charge on any atom is -0.497 e. The smallest absolute Gasteiger partial charge is 0.272 e. The first-order chi connectivity index (χ1) is 12.5. The number of likely N-dealkylation sites (tertiary alicyclic amines) is 1. The summed E-state index contributed by atoms with van der Waals surface area (Å²) in [5.41, 5.74) is 2.68.